The molecule has 0 aliphatic rings. The van der Waals surface area contributed by atoms with Crippen molar-refractivity contribution in [3.05, 3.63) is 69.2 Å². The van der Waals surface area contributed by atoms with E-state index in [0.29, 0.717) is 5.52 Å². The second kappa shape index (κ2) is 7.22. The lowest BCUT2D eigenvalue weighted by atomic mass is 10.1. The highest BCUT2D eigenvalue weighted by Gasteiger charge is 2.22. The number of benzene rings is 2. The van der Waals surface area contributed by atoms with Crippen LogP contribution < -0.4 is 5.32 Å². The summed E-state index contributed by atoms with van der Waals surface area (Å²) in [5, 5.41) is 12.2. The van der Waals surface area contributed by atoms with Gasteiger partial charge in [0.1, 0.15) is 17.6 Å². The molecule has 5 nitrogen and oxygen atoms in total. The number of carboxylic acid groups (broad SMARTS) is 1. The predicted octanol–water partition coefficient (Wildman–Crippen LogP) is 3.34. The largest absolute Gasteiger partial charge is 0.480 e. The van der Waals surface area contributed by atoms with Gasteiger partial charge >= 0.3 is 5.97 Å². The van der Waals surface area contributed by atoms with Crippen molar-refractivity contribution in [2.45, 2.75) is 12.5 Å². The number of fused-ring (bicyclic) bond motifs is 1. The number of nitrogens with one attached hydrogen (secondary N) is 2. The van der Waals surface area contributed by atoms with Crippen LogP contribution in [-0.4, -0.2) is 28.0 Å². The minimum atomic E-state index is -1.13. The third-order valence-corrected chi connectivity index (χ3v) is 4.46. The minimum Gasteiger partial charge on any atom is -0.480 e. The summed E-state index contributed by atoms with van der Waals surface area (Å²) in [6.07, 6.45) is 0.159. The third-order valence-electron chi connectivity index (χ3n) is 3.79. The van der Waals surface area contributed by atoms with Gasteiger partial charge in [-0.15, -0.1) is 0 Å². The number of aromatic amines is 1. The van der Waals surface area contributed by atoms with E-state index in [1.165, 1.54) is 18.2 Å². The molecule has 0 radical (unpaired) electrons. The van der Waals surface area contributed by atoms with E-state index >= 15 is 0 Å². The number of halogens is 2. The summed E-state index contributed by atoms with van der Waals surface area (Å²) >= 11 is 2.14. The first-order valence-corrected chi connectivity index (χ1v) is 8.57. The molecule has 0 saturated heterocycles. The van der Waals surface area contributed by atoms with Gasteiger partial charge < -0.3 is 15.4 Å². The first-order chi connectivity index (χ1) is 11.9. The summed E-state index contributed by atoms with van der Waals surface area (Å²) in [5.74, 6) is -2.16. The zero-order valence-electron chi connectivity index (χ0n) is 12.9. The lowest BCUT2D eigenvalue weighted by Crippen LogP contribution is -2.42. The number of aromatic nitrogens is 1. The zero-order valence-corrected chi connectivity index (χ0v) is 15.1. The van der Waals surface area contributed by atoms with Crippen LogP contribution in [0.4, 0.5) is 4.39 Å². The molecule has 0 aliphatic heterocycles. The Morgan fingerprint density at radius 2 is 1.96 bits per heavy atom. The molecule has 0 bridgehead atoms. The van der Waals surface area contributed by atoms with Crippen molar-refractivity contribution in [1.29, 1.82) is 0 Å². The molecule has 1 heterocycles. The number of carboxylic acids is 1. The van der Waals surface area contributed by atoms with Crippen LogP contribution in [-0.2, 0) is 11.2 Å². The van der Waals surface area contributed by atoms with Crippen molar-refractivity contribution < 1.29 is 19.1 Å². The first kappa shape index (κ1) is 17.4. The molecular weight excluding hydrogens is 438 g/mol. The number of aliphatic carboxylic acids is 1. The fraction of sp³-hybridized carbons (Fsp3) is 0.111. The normalized spacial score (nSPS) is 12.1. The average molecular weight is 452 g/mol. The van der Waals surface area contributed by atoms with Gasteiger partial charge in [-0.1, -0.05) is 18.2 Å². The van der Waals surface area contributed by atoms with Gasteiger partial charge in [0.05, 0.1) is 0 Å². The van der Waals surface area contributed by atoms with Crippen molar-refractivity contribution in [3.63, 3.8) is 0 Å². The van der Waals surface area contributed by atoms with Crippen LogP contribution in [0.15, 0.2) is 48.5 Å². The first-order valence-electron chi connectivity index (χ1n) is 7.49. The Balaban J connectivity index is 1.80. The van der Waals surface area contributed by atoms with Gasteiger partial charge in [0.2, 0.25) is 0 Å². The maximum atomic E-state index is 13.7. The third kappa shape index (κ3) is 3.98. The monoisotopic (exact) mass is 452 g/mol. The molecule has 1 amide bonds. The fourth-order valence-electron chi connectivity index (χ4n) is 2.58. The Morgan fingerprint density at radius 3 is 2.64 bits per heavy atom. The van der Waals surface area contributed by atoms with Gasteiger partial charge in [0, 0.05) is 20.9 Å². The minimum absolute atomic E-state index is 0.119. The standard InChI is InChI=1S/C18H14FIN2O3/c19-13-5-2-6-14-12(13)9-15(21-14)17(23)22-16(18(24)25)8-10-3-1-4-11(20)7-10/h1-7,9,16,21H,8H2,(H,22,23)(H,24,25)/t16-/m0/s1. The molecule has 0 aliphatic carbocycles. The molecule has 1 aromatic heterocycles. The van der Waals surface area contributed by atoms with E-state index in [4.69, 9.17) is 0 Å². The van der Waals surface area contributed by atoms with E-state index in [1.807, 2.05) is 24.3 Å². The highest BCUT2D eigenvalue weighted by molar-refractivity contribution is 14.1. The van der Waals surface area contributed by atoms with Gasteiger partial charge in [-0.2, -0.15) is 0 Å². The molecule has 7 heteroatoms. The fourth-order valence-corrected chi connectivity index (χ4v) is 3.18. The van der Waals surface area contributed by atoms with Crippen LogP contribution in [0.25, 0.3) is 10.9 Å². The molecule has 1 atom stereocenters. The van der Waals surface area contributed by atoms with Crippen molar-refractivity contribution in [1.82, 2.24) is 10.3 Å². The second-order valence-electron chi connectivity index (χ2n) is 5.58. The van der Waals surface area contributed by atoms with Crippen LogP contribution >= 0.6 is 22.6 Å². The molecule has 0 unspecified atom stereocenters. The smallest absolute Gasteiger partial charge is 0.326 e. The summed E-state index contributed by atoms with van der Waals surface area (Å²) < 4.78 is 14.7. The SMILES string of the molecule is O=C(N[C@@H](Cc1cccc(I)c1)C(=O)O)c1cc2c(F)cccc2[nH]1. The number of rotatable bonds is 5. The Kier molecular flexibility index (Phi) is 5.03. The molecule has 0 fully saturated rings. The maximum absolute atomic E-state index is 13.7. The average Bonchev–Trinajstić information content (AvgIpc) is 3.00. The summed E-state index contributed by atoms with van der Waals surface area (Å²) in [6, 6.07) is 12.2. The Bertz CT molecular complexity index is 954. The summed E-state index contributed by atoms with van der Waals surface area (Å²) in [4.78, 5) is 26.7. The lowest BCUT2D eigenvalue weighted by Gasteiger charge is -2.14. The van der Waals surface area contributed by atoms with Gasteiger partial charge in [0.25, 0.3) is 5.91 Å². The maximum Gasteiger partial charge on any atom is 0.326 e. The number of H-pyrrole nitrogens is 1. The Hall–Kier alpha value is -2.42. The molecule has 0 saturated carbocycles. The Labute approximate surface area is 156 Å². The van der Waals surface area contributed by atoms with Crippen molar-refractivity contribution in [3.8, 4) is 0 Å². The van der Waals surface area contributed by atoms with E-state index < -0.39 is 23.7 Å². The summed E-state index contributed by atoms with van der Waals surface area (Å²) in [6.45, 7) is 0. The van der Waals surface area contributed by atoms with Gasteiger partial charge in [-0.25, -0.2) is 9.18 Å². The summed E-state index contributed by atoms with van der Waals surface area (Å²) in [7, 11) is 0. The Morgan fingerprint density at radius 1 is 1.20 bits per heavy atom. The molecule has 128 valence electrons. The summed E-state index contributed by atoms with van der Waals surface area (Å²) in [5.41, 5.74) is 1.41. The van der Waals surface area contributed by atoms with E-state index in [2.05, 4.69) is 32.9 Å². The highest BCUT2D eigenvalue weighted by Crippen LogP contribution is 2.19. The molecule has 0 spiro atoms. The number of hydrogen-bond acceptors (Lipinski definition) is 2. The number of amides is 1. The van der Waals surface area contributed by atoms with E-state index in [1.54, 1.807) is 6.07 Å². The van der Waals surface area contributed by atoms with E-state index in [-0.39, 0.29) is 17.5 Å². The number of carbonyl (C=O) groups is 2. The van der Waals surface area contributed by atoms with Gasteiger partial charge in [0.15, 0.2) is 0 Å². The topological polar surface area (TPSA) is 82.2 Å². The van der Waals surface area contributed by atoms with Crippen molar-refractivity contribution in [2.75, 3.05) is 0 Å². The van der Waals surface area contributed by atoms with Crippen LogP contribution in [0.2, 0.25) is 0 Å². The zero-order chi connectivity index (χ0) is 18.0. The lowest BCUT2D eigenvalue weighted by molar-refractivity contribution is -0.139. The molecular formula is C18H14FIN2O3. The van der Waals surface area contributed by atoms with Crippen LogP contribution in [0.3, 0.4) is 0 Å². The predicted molar refractivity (Wildman–Crippen MR) is 100 cm³/mol. The van der Waals surface area contributed by atoms with Gasteiger partial charge in [-0.3, -0.25) is 4.79 Å². The van der Waals surface area contributed by atoms with Crippen molar-refractivity contribution >= 4 is 45.4 Å². The quantitative estimate of drug-likeness (QED) is 0.520. The number of carbonyl (C=O) groups excluding carboxylic acids is 1. The molecule has 3 N–H and O–H groups in total. The van der Waals surface area contributed by atoms with Crippen LogP contribution in [0.1, 0.15) is 16.1 Å². The van der Waals surface area contributed by atoms with Crippen LogP contribution in [0, 0.1) is 9.39 Å². The number of hydrogen-bond donors (Lipinski definition) is 3. The van der Waals surface area contributed by atoms with Crippen LogP contribution in [0.5, 0.6) is 0 Å². The highest BCUT2D eigenvalue weighted by atomic mass is 127. The van der Waals surface area contributed by atoms with Gasteiger partial charge in [-0.05, 0) is 58.5 Å². The van der Waals surface area contributed by atoms with E-state index in [0.717, 1.165) is 9.13 Å². The molecule has 2 aromatic carbocycles. The van der Waals surface area contributed by atoms with Crippen molar-refractivity contribution in [2.24, 2.45) is 0 Å². The van der Waals surface area contributed by atoms with E-state index in [9.17, 15) is 19.1 Å². The molecule has 3 rings (SSSR count). The molecule has 25 heavy (non-hydrogen) atoms. The second-order valence-corrected chi connectivity index (χ2v) is 6.83. The molecule has 3 aromatic rings.